The van der Waals surface area contributed by atoms with Gasteiger partial charge in [-0.25, -0.2) is 0 Å². The van der Waals surface area contributed by atoms with Gasteiger partial charge in [-0.1, -0.05) is 0 Å². The molecule has 3 nitrogen and oxygen atoms in total. The molecule has 1 aliphatic carbocycles. The first-order valence-electron chi connectivity index (χ1n) is 4.49. The summed E-state index contributed by atoms with van der Waals surface area (Å²) in [6.45, 7) is 3.58. The van der Waals surface area contributed by atoms with E-state index in [4.69, 9.17) is 9.47 Å². The van der Waals surface area contributed by atoms with Crippen molar-refractivity contribution in [3.8, 4) is 0 Å². The van der Waals surface area contributed by atoms with E-state index >= 15 is 0 Å². The van der Waals surface area contributed by atoms with Gasteiger partial charge in [-0.05, 0) is 19.3 Å². The van der Waals surface area contributed by atoms with Crippen LogP contribution in [0.2, 0.25) is 0 Å². The minimum atomic E-state index is -0.706. The Hall–Kier alpha value is -0.570. The van der Waals surface area contributed by atoms with Gasteiger partial charge in [0.05, 0.1) is 12.0 Å². The highest BCUT2D eigenvalue weighted by atomic mass is 16.7. The number of hydrogen-bond donors (Lipinski definition) is 0. The van der Waals surface area contributed by atoms with Crippen molar-refractivity contribution in [2.24, 2.45) is 5.92 Å². The zero-order valence-corrected chi connectivity index (χ0v) is 7.50. The molecule has 0 aromatic carbocycles. The maximum absolute atomic E-state index is 11.4. The molecule has 0 spiro atoms. The molecule has 3 heteroatoms. The fourth-order valence-electron chi connectivity index (χ4n) is 2.04. The number of carbonyl (C=O) groups excluding carboxylic acids is 1. The number of ether oxygens (including phenoxy) is 2. The smallest absolute Gasteiger partial charge is 0.314 e. The summed E-state index contributed by atoms with van der Waals surface area (Å²) in [5.74, 6) is -0.769. The summed E-state index contributed by atoms with van der Waals surface area (Å²) < 4.78 is 10.8. The fraction of sp³-hybridized carbons (Fsp3) is 0.889. The summed E-state index contributed by atoms with van der Waals surface area (Å²) in [5.41, 5.74) is 0. The minimum Gasteiger partial charge on any atom is -0.433 e. The van der Waals surface area contributed by atoms with Crippen LogP contribution < -0.4 is 0 Å². The first kappa shape index (κ1) is 8.05. The summed E-state index contributed by atoms with van der Waals surface area (Å²) in [5, 5.41) is 0. The SMILES string of the molecule is CC1(C)OC(=O)C2CCCC2O1. The van der Waals surface area contributed by atoms with E-state index in [-0.39, 0.29) is 18.0 Å². The monoisotopic (exact) mass is 170 g/mol. The van der Waals surface area contributed by atoms with E-state index in [1.807, 2.05) is 0 Å². The Morgan fingerprint density at radius 3 is 2.92 bits per heavy atom. The van der Waals surface area contributed by atoms with Crippen molar-refractivity contribution in [3.05, 3.63) is 0 Å². The first-order chi connectivity index (χ1) is 5.58. The van der Waals surface area contributed by atoms with Crippen molar-refractivity contribution >= 4 is 5.97 Å². The van der Waals surface area contributed by atoms with E-state index in [9.17, 15) is 4.79 Å². The number of rotatable bonds is 0. The molecule has 2 unspecified atom stereocenters. The van der Waals surface area contributed by atoms with E-state index in [0.29, 0.717) is 0 Å². The Morgan fingerprint density at radius 2 is 2.17 bits per heavy atom. The third-order valence-electron chi connectivity index (χ3n) is 2.54. The average molecular weight is 170 g/mol. The number of hydrogen-bond acceptors (Lipinski definition) is 3. The predicted octanol–water partition coefficient (Wildman–Crippen LogP) is 1.46. The summed E-state index contributed by atoms with van der Waals surface area (Å²) in [7, 11) is 0. The molecule has 12 heavy (non-hydrogen) atoms. The zero-order valence-electron chi connectivity index (χ0n) is 7.50. The van der Waals surface area contributed by atoms with Crippen LogP contribution in [0.5, 0.6) is 0 Å². The summed E-state index contributed by atoms with van der Waals surface area (Å²) in [6.07, 6.45) is 3.13. The lowest BCUT2D eigenvalue weighted by Crippen LogP contribution is -2.46. The molecule has 0 N–H and O–H groups in total. The Labute approximate surface area is 72.0 Å². The Morgan fingerprint density at radius 1 is 1.42 bits per heavy atom. The molecule has 0 aromatic heterocycles. The van der Waals surface area contributed by atoms with Crippen molar-refractivity contribution in [1.82, 2.24) is 0 Å². The van der Waals surface area contributed by atoms with E-state index in [2.05, 4.69) is 0 Å². The zero-order chi connectivity index (χ0) is 8.77. The van der Waals surface area contributed by atoms with Crippen molar-refractivity contribution < 1.29 is 14.3 Å². The van der Waals surface area contributed by atoms with Crippen LogP contribution in [0, 0.1) is 5.92 Å². The van der Waals surface area contributed by atoms with Gasteiger partial charge in [0.15, 0.2) is 0 Å². The van der Waals surface area contributed by atoms with Crippen molar-refractivity contribution in [3.63, 3.8) is 0 Å². The second-order valence-electron chi connectivity index (χ2n) is 4.01. The molecule has 0 radical (unpaired) electrons. The van der Waals surface area contributed by atoms with Crippen LogP contribution in [0.4, 0.5) is 0 Å². The van der Waals surface area contributed by atoms with Gasteiger partial charge < -0.3 is 9.47 Å². The maximum atomic E-state index is 11.4. The molecular weight excluding hydrogens is 156 g/mol. The van der Waals surface area contributed by atoms with Crippen LogP contribution in [0.1, 0.15) is 33.1 Å². The van der Waals surface area contributed by atoms with Gasteiger partial charge in [0.2, 0.25) is 5.79 Å². The van der Waals surface area contributed by atoms with Gasteiger partial charge in [0, 0.05) is 13.8 Å². The van der Waals surface area contributed by atoms with Gasteiger partial charge in [-0.3, -0.25) is 4.79 Å². The average Bonchev–Trinajstić information content (AvgIpc) is 2.31. The molecule has 2 atom stereocenters. The summed E-state index contributed by atoms with van der Waals surface area (Å²) in [4.78, 5) is 11.4. The fourth-order valence-corrected chi connectivity index (χ4v) is 2.04. The molecule has 1 aliphatic heterocycles. The van der Waals surface area contributed by atoms with E-state index in [1.54, 1.807) is 13.8 Å². The number of fused-ring (bicyclic) bond motifs is 1. The minimum absolute atomic E-state index is 0.0121. The molecule has 2 fully saturated rings. The summed E-state index contributed by atoms with van der Waals surface area (Å²) in [6, 6.07) is 0. The third kappa shape index (κ3) is 1.22. The van der Waals surface area contributed by atoms with Crippen LogP contribution >= 0.6 is 0 Å². The quantitative estimate of drug-likeness (QED) is 0.516. The molecule has 2 rings (SSSR count). The van der Waals surface area contributed by atoms with Crippen LogP contribution in [-0.4, -0.2) is 17.9 Å². The highest BCUT2D eigenvalue weighted by Crippen LogP contribution is 2.37. The molecule has 0 amide bonds. The van der Waals surface area contributed by atoms with Crippen LogP contribution in [0.25, 0.3) is 0 Å². The molecule has 1 saturated carbocycles. The highest BCUT2D eigenvalue weighted by Gasteiger charge is 2.45. The third-order valence-corrected chi connectivity index (χ3v) is 2.54. The maximum Gasteiger partial charge on any atom is 0.314 e. The highest BCUT2D eigenvalue weighted by molar-refractivity contribution is 5.74. The van der Waals surface area contributed by atoms with Gasteiger partial charge in [0.25, 0.3) is 0 Å². The topological polar surface area (TPSA) is 35.5 Å². The van der Waals surface area contributed by atoms with Gasteiger partial charge in [-0.2, -0.15) is 0 Å². The van der Waals surface area contributed by atoms with E-state index < -0.39 is 5.79 Å². The molecule has 0 bridgehead atoms. The molecule has 1 saturated heterocycles. The lowest BCUT2D eigenvalue weighted by molar-refractivity contribution is -0.267. The van der Waals surface area contributed by atoms with Gasteiger partial charge >= 0.3 is 5.97 Å². The van der Waals surface area contributed by atoms with Crippen molar-refractivity contribution in [2.45, 2.75) is 45.0 Å². The Kier molecular flexibility index (Phi) is 1.65. The second kappa shape index (κ2) is 2.46. The predicted molar refractivity (Wildman–Crippen MR) is 42.4 cm³/mol. The van der Waals surface area contributed by atoms with Gasteiger partial charge in [-0.15, -0.1) is 0 Å². The molecule has 0 aromatic rings. The van der Waals surface area contributed by atoms with E-state index in [0.717, 1.165) is 19.3 Å². The van der Waals surface area contributed by atoms with Crippen LogP contribution in [-0.2, 0) is 14.3 Å². The number of cyclic esters (lactones) is 1. The number of esters is 1. The van der Waals surface area contributed by atoms with E-state index in [1.165, 1.54) is 0 Å². The first-order valence-corrected chi connectivity index (χ1v) is 4.49. The van der Waals surface area contributed by atoms with Crippen LogP contribution in [0.3, 0.4) is 0 Å². The molecule has 68 valence electrons. The second-order valence-corrected chi connectivity index (χ2v) is 4.01. The summed E-state index contributed by atoms with van der Waals surface area (Å²) >= 11 is 0. The lowest BCUT2D eigenvalue weighted by atomic mass is 10.0. The molecular formula is C9H14O3. The lowest BCUT2D eigenvalue weighted by Gasteiger charge is -2.36. The Bertz CT molecular complexity index is 210. The Balaban J connectivity index is 2.15. The molecule has 1 heterocycles. The number of carbonyl (C=O) groups is 1. The van der Waals surface area contributed by atoms with Crippen molar-refractivity contribution in [2.75, 3.05) is 0 Å². The standard InChI is InChI=1S/C9H14O3/c1-9(2)11-7-5-3-4-6(7)8(10)12-9/h6-7H,3-5H2,1-2H3. The molecule has 2 aliphatic rings. The normalized spacial score (nSPS) is 39.0. The van der Waals surface area contributed by atoms with Crippen LogP contribution in [0.15, 0.2) is 0 Å². The largest absolute Gasteiger partial charge is 0.433 e. The van der Waals surface area contributed by atoms with Gasteiger partial charge in [0.1, 0.15) is 0 Å². The van der Waals surface area contributed by atoms with Crippen molar-refractivity contribution in [1.29, 1.82) is 0 Å².